The largest absolute Gasteiger partial charge is 0.493 e. The van der Waals surface area contributed by atoms with Gasteiger partial charge in [0.2, 0.25) is 0 Å². The van der Waals surface area contributed by atoms with Gasteiger partial charge in [0, 0.05) is 11.2 Å². The first-order chi connectivity index (χ1) is 12.1. The number of carbonyl (C=O) groups excluding carboxylic acids is 1. The van der Waals surface area contributed by atoms with E-state index in [9.17, 15) is 9.18 Å². The Kier molecular flexibility index (Phi) is 5.19. The molecule has 6 heteroatoms. The van der Waals surface area contributed by atoms with Crippen molar-refractivity contribution in [2.24, 2.45) is 0 Å². The highest BCUT2D eigenvalue weighted by Gasteiger charge is 2.11. The number of hydrogen-bond donors (Lipinski definition) is 1. The highest BCUT2D eigenvalue weighted by Crippen LogP contribution is 2.28. The van der Waals surface area contributed by atoms with Crippen molar-refractivity contribution in [3.8, 4) is 11.5 Å². The van der Waals surface area contributed by atoms with Crippen LogP contribution in [0.2, 0.25) is 0 Å². The predicted molar refractivity (Wildman–Crippen MR) is 97.4 cm³/mol. The molecule has 0 radical (unpaired) electrons. The standard InChI is InChI=1S/C19H18FNO3S/c1-23-15-5-3-12(9-16(15)24-2)7-8-21-19(22)18-11-13-10-14(20)4-6-17(13)25-18/h3-6,9-11H,7-8H2,1-2H3,(H,21,22). The average molecular weight is 359 g/mol. The van der Waals surface area contributed by atoms with Gasteiger partial charge >= 0.3 is 0 Å². The molecule has 130 valence electrons. The minimum absolute atomic E-state index is 0.151. The lowest BCUT2D eigenvalue weighted by atomic mass is 10.1. The quantitative estimate of drug-likeness (QED) is 0.723. The molecular formula is C19H18FNO3S. The second kappa shape index (κ2) is 7.53. The van der Waals surface area contributed by atoms with Crippen molar-refractivity contribution in [3.05, 3.63) is 58.7 Å². The molecule has 0 saturated carbocycles. The van der Waals surface area contributed by atoms with Crippen molar-refractivity contribution in [3.63, 3.8) is 0 Å². The van der Waals surface area contributed by atoms with Crippen LogP contribution >= 0.6 is 11.3 Å². The molecule has 0 saturated heterocycles. The number of benzene rings is 2. The predicted octanol–water partition coefficient (Wildman–Crippen LogP) is 4.03. The molecule has 3 aromatic rings. The van der Waals surface area contributed by atoms with Crippen LogP contribution in [0.3, 0.4) is 0 Å². The third-order valence-corrected chi connectivity index (χ3v) is 4.96. The van der Waals surface area contributed by atoms with E-state index < -0.39 is 0 Å². The summed E-state index contributed by atoms with van der Waals surface area (Å²) in [5, 5.41) is 3.64. The summed E-state index contributed by atoms with van der Waals surface area (Å²) in [4.78, 5) is 12.9. The maximum atomic E-state index is 13.2. The molecule has 0 aliphatic heterocycles. The summed E-state index contributed by atoms with van der Waals surface area (Å²) in [5.74, 6) is 0.887. The summed E-state index contributed by atoms with van der Waals surface area (Å²) in [6.07, 6.45) is 0.672. The number of nitrogens with one attached hydrogen (secondary N) is 1. The van der Waals surface area contributed by atoms with Gasteiger partial charge in [0.1, 0.15) is 5.82 Å². The molecule has 1 heterocycles. The van der Waals surface area contributed by atoms with Crippen LogP contribution in [-0.2, 0) is 6.42 Å². The highest BCUT2D eigenvalue weighted by atomic mass is 32.1. The Bertz CT molecular complexity index is 907. The molecule has 0 unspecified atom stereocenters. The maximum Gasteiger partial charge on any atom is 0.261 e. The first-order valence-electron chi connectivity index (χ1n) is 7.79. The van der Waals surface area contributed by atoms with Gasteiger partial charge < -0.3 is 14.8 Å². The summed E-state index contributed by atoms with van der Waals surface area (Å²) in [7, 11) is 3.18. The number of amides is 1. The number of thiophene rings is 1. The second-order valence-corrected chi connectivity index (χ2v) is 6.57. The van der Waals surface area contributed by atoms with E-state index in [2.05, 4.69) is 5.32 Å². The van der Waals surface area contributed by atoms with Crippen LogP contribution in [0.1, 0.15) is 15.2 Å². The lowest BCUT2D eigenvalue weighted by Crippen LogP contribution is -2.24. The molecule has 1 aromatic heterocycles. The van der Waals surface area contributed by atoms with Crippen molar-refractivity contribution >= 4 is 27.3 Å². The zero-order chi connectivity index (χ0) is 17.8. The lowest BCUT2D eigenvalue weighted by molar-refractivity contribution is 0.0958. The van der Waals surface area contributed by atoms with Gasteiger partial charge in [-0.2, -0.15) is 0 Å². The summed E-state index contributed by atoms with van der Waals surface area (Å²) in [6, 6.07) is 11.9. The van der Waals surface area contributed by atoms with Gasteiger partial charge in [-0.15, -0.1) is 11.3 Å². The summed E-state index contributed by atoms with van der Waals surface area (Å²) in [5.41, 5.74) is 1.04. The van der Waals surface area contributed by atoms with E-state index in [4.69, 9.17) is 9.47 Å². The first-order valence-corrected chi connectivity index (χ1v) is 8.60. The fourth-order valence-electron chi connectivity index (χ4n) is 2.57. The fourth-order valence-corrected chi connectivity index (χ4v) is 3.53. The van der Waals surface area contributed by atoms with E-state index in [-0.39, 0.29) is 11.7 Å². The van der Waals surface area contributed by atoms with Crippen LogP contribution < -0.4 is 14.8 Å². The minimum Gasteiger partial charge on any atom is -0.493 e. The molecule has 0 spiro atoms. The van der Waals surface area contributed by atoms with E-state index in [0.29, 0.717) is 29.3 Å². The zero-order valence-corrected chi connectivity index (χ0v) is 14.8. The number of methoxy groups -OCH3 is 2. The van der Waals surface area contributed by atoms with Crippen molar-refractivity contribution in [2.75, 3.05) is 20.8 Å². The number of halogens is 1. The Labute approximate surface area is 149 Å². The van der Waals surface area contributed by atoms with Gasteiger partial charge in [-0.05, 0) is 53.8 Å². The van der Waals surface area contributed by atoms with Gasteiger partial charge in [0.25, 0.3) is 5.91 Å². The molecule has 0 aliphatic rings. The second-order valence-electron chi connectivity index (χ2n) is 5.49. The third-order valence-electron chi connectivity index (χ3n) is 3.85. The molecule has 25 heavy (non-hydrogen) atoms. The Morgan fingerprint density at radius 3 is 2.64 bits per heavy atom. The number of ether oxygens (including phenoxy) is 2. The molecule has 0 bridgehead atoms. The average Bonchev–Trinajstić information content (AvgIpc) is 3.04. The molecule has 0 atom stereocenters. The fraction of sp³-hybridized carbons (Fsp3) is 0.211. The van der Waals surface area contributed by atoms with Gasteiger partial charge in [0.05, 0.1) is 19.1 Å². The molecule has 2 aromatic carbocycles. The van der Waals surface area contributed by atoms with Crippen molar-refractivity contribution in [1.29, 1.82) is 0 Å². The van der Waals surface area contributed by atoms with Gasteiger partial charge in [0.15, 0.2) is 11.5 Å². The lowest BCUT2D eigenvalue weighted by Gasteiger charge is -2.10. The number of carbonyl (C=O) groups is 1. The Morgan fingerprint density at radius 2 is 1.88 bits per heavy atom. The molecule has 1 amide bonds. The third kappa shape index (κ3) is 3.91. The van der Waals surface area contributed by atoms with Gasteiger partial charge in [-0.1, -0.05) is 6.07 Å². The van der Waals surface area contributed by atoms with Crippen LogP contribution in [0.25, 0.3) is 10.1 Å². The summed E-state index contributed by atoms with van der Waals surface area (Å²) >= 11 is 1.36. The Balaban J connectivity index is 1.62. The summed E-state index contributed by atoms with van der Waals surface area (Å²) in [6.45, 7) is 0.497. The van der Waals surface area contributed by atoms with Gasteiger partial charge in [-0.25, -0.2) is 4.39 Å². The van der Waals surface area contributed by atoms with Crippen molar-refractivity contribution in [2.45, 2.75) is 6.42 Å². The topological polar surface area (TPSA) is 47.6 Å². The van der Waals surface area contributed by atoms with E-state index in [0.717, 1.165) is 15.6 Å². The minimum atomic E-state index is -0.300. The highest BCUT2D eigenvalue weighted by molar-refractivity contribution is 7.20. The number of rotatable bonds is 6. The first kappa shape index (κ1) is 17.2. The Hall–Kier alpha value is -2.60. The van der Waals surface area contributed by atoms with E-state index in [1.54, 1.807) is 26.4 Å². The van der Waals surface area contributed by atoms with Crippen LogP contribution in [0.5, 0.6) is 11.5 Å². The van der Waals surface area contributed by atoms with E-state index in [1.165, 1.54) is 23.5 Å². The molecule has 1 N–H and O–H groups in total. The molecule has 0 aliphatic carbocycles. The maximum absolute atomic E-state index is 13.2. The van der Waals surface area contributed by atoms with Crippen LogP contribution in [0, 0.1) is 5.82 Å². The normalized spacial score (nSPS) is 10.7. The smallest absolute Gasteiger partial charge is 0.261 e. The van der Waals surface area contributed by atoms with Crippen molar-refractivity contribution in [1.82, 2.24) is 5.32 Å². The van der Waals surface area contributed by atoms with Crippen LogP contribution in [-0.4, -0.2) is 26.7 Å². The van der Waals surface area contributed by atoms with Crippen molar-refractivity contribution < 1.29 is 18.7 Å². The summed E-state index contributed by atoms with van der Waals surface area (Å²) < 4.78 is 24.6. The monoisotopic (exact) mass is 359 g/mol. The number of fused-ring (bicyclic) bond motifs is 1. The van der Waals surface area contributed by atoms with Crippen LogP contribution in [0.15, 0.2) is 42.5 Å². The van der Waals surface area contributed by atoms with E-state index in [1.807, 2.05) is 18.2 Å². The zero-order valence-electron chi connectivity index (χ0n) is 14.0. The van der Waals surface area contributed by atoms with E-state index >= 15 is 0 Å². The molecule has 4 nitrogen and oxygen atoms in total. The number of hydrogen-bond acceptors (Lipinski definition) is 4. The molecule has 3 rings (SSSR count). The Morgan fingerprint density at radius 1 is 1.08 bits per heavy atom. The van der Waals surface area contributed by atoms with Gasteiger partial charge in [-0.3, -0.25) is 4.79 Å². The molecular weight excluding hydrogens is 341 g/mol. The van der Waals surface area contributed by atoms with Crippen LogP contribution in [0.4, 0.5) is 4.39 Å². The SMILES string of the molecule is COc1ccc(CCNC(=O)c2cc3cc(F)ccc3s2)cc1OC. The molecule has 0 fully saturated rings.